The van der Waals surface area contributed by atoms with Crippen molar-refractivity contribution in [3.8, 4) is 0 Å². The first kappa shape index (κ1) is 20.0. The van der Waals surface area contributed by atoms with Crippen molar-refractivity contribution in [3.05, 3.63) is 58.4 Å². The van der Waals surface area contributed by atoms with Gasteiger partial charge in [0.25, 0.3) is 0 Å². The first-order valence-corrected chi connectivity index (χ1v) is 9.30. The number of aryl methyl sites for hydroxylation is 2. The van der Waals surface area contributed by atoms with Crippen LogP contribution < -0.4 is 0 Å². The Balaban J connectivity index is 2.21. The van der Waals surface area contributed by atoms with Crippen molar-refractivity contribution in [3.63, 3.8) is 0 Å². The summed E-state index contributed by atoms with van der Waals surface area (Å²) in [7, 11) is 0. The molecule has 0 saturated carbocycles. The molecule has 0 fully saturated rings. The smallest absolute Gasteiger partial charge is 0.247 e. The second-order valence-electron chi connectivity index (χ2n) is 7.49. The molecule has 0 saturated heterocycles. The molecule has 4 nitrogen and oxygen atoms in total. The summed E-state index contributed by atoms with van der Waals surface area (Å²) in [5.74, 6) is 0.0417. The molecule has 0 spiro atoms. The van der Waals surface area contributed by atoms with Gasteiger partial charge in [-0.15, -0.1) is 0 Å². The standard InChI is InChI=1S/C22H31N3O/c1-15(2)25(16(3)4)22(26)13-12-21-18(6)23-24(19(21)7)14-20-10-8-17(5)9-11-20/h8-13,15-16H,14H2,1-7H3/b13-12+. The highest BCUT2D eigenvalue weighted by Crippen LogP contribution is 2.17. The lowest BCUT2D eigenvalue weighted by Gasteiger charge is -2.29. The van der Waals surface area contributed by atoms with E-state index in [4.69, 9.17) is 0 Å². The normalized spacial score (nSPS) is 11.7. The fourth-order valence-electron chi connectivity index (χ4n) is 3.32. The van der Waals surface area contributed by atoms with E-state index in [0.29, 0.717) is 0 Å². The van der Waals surface area contributed by atoms with Gasteiger partial charge in [0, 0.05) is 29.4 Å². The van der Waals surface area contributed by atoms with Crippen molar-refractivity contribution in [1.82, 2.24) is 14.7 Å². The Morgan fingerprint density at radius 3 is 2.19 bits per heavy atom. The summed E-state index contributed by atoms with van der Waals surface area (Å²) >= 11 is 0. The third-order valence-electron chi connectivity index (χ3n) is 4.65. The fraction of sp³-hybridized carbons (Fsp3) is 0.455. The second-order valence-corrected chi connectivity index (χ2v) is 7.49. The molecule has 1 aromatic carbocycles. The number of carbonyl (C=O) groups excluding carboxylic acids is 1. The van der Waals surface area contributed by atoms with Gasteiger partial charge in [0.1, 0.15) is 0 Å². The van der Waals surface area contributed by atoms with E-state index in [1.807, 2.05) is 50.3 Å². The van der Waals surface area contributed by atoms with Crippen LogP contribution in [-0.4, -0.2) is 32.7 Å². The Labute approximate surface area is 157 Å². The van der Waals surface area contributed by atoms with Crippen molar-refractivity contribution in [1.29, 1.82) is 0 Å². The lowest BCUT2D eigenvalue weighted by Crippen LogP contribution is -2.41. The molecule has 0 bridgehead atoms. The summed E-state index contributed by atoms with van der Waals surface area (Å²) in [5, 5.41) is 4.66. The number of rotatable bonds is 6. The van der Waals surface area contributed by atoms with Crippen LogP contribution in [0.3, 0.4) is 0 Å². The van der Waals surface area contributed by atoms with Crippen LogP contribution in [-0.2, 0) is 11.3 Å². The molecule has 1 amide bonds. The first-order chi connectivity index (χ1) is 12.2. The van der Waals surface area contributed by atoms with Crippen LogP contribution in [0, 0.1) is 20.8 Å². The molecule has 26 heavy (non-hydrogen) atoms. The predicted octanol–water partition coefficient (Wildman–Crippen LogP) is 4.52. The zero-order valence-electron chi connectivity index (χ0n) is 17.1. The van der Waals surface area contributed by atoms with Crippen LogP contribution in [0.5, 0.6) is 0 Å². The monoisotopic (exact) mass is 353 g/mol. The number of hydrogen-bond donors (Lipinski definition) is 0. The van der Waals surface area contributed by atoms with E-state index >= 15 is 0 Å². The summed E-state index contributed by atoms with van der Waals surface area (Å²) in [6.45, 7) is 15.0. The molecule has 2 aromatic rings. The molecule has 0 aliphatic carbocycles. The minimum absolute atomic E-state index is 0.0417. The van der Waals surface area contributed by atoms with Gasteiger partial charge in [-0.05, 0) is 60.1 Å². The minimum Gasteiger partial charge on any atom is -0.334 e. The van der Waals surface area contributed by atoms with Crippen molar-refractivity contribution < 1.29 is 4.79 Å². The van der Waals surface area contributed by atoms with E-state index in [0.717, 1.165) is 23.5 Å². The zero-order valence-corrected chi connectivity index (χ0v) is 17.1. The molecule has 0 atom stereocenters. The first-order valence-electron chi connectivity index (χ1n) is 9.30. The van der Waals surface area contributed by atoms with Crippen LogP contribution in [0.25, 0.3) is 6.08 Å². The molecule has 4 heteroatoms. The topological polar surface area (TPSA) is 38.1 Å². The Bertz CT molecular complexity index is 774. The van der Waals surface area contributed by atoms with Crippen LogP contribution >= 0.6 is 0 Å². The predicted molar refractivity (Wildman–Crippen MR) is 108 cm³/mol. The SMILES string of the molecule is Cc1ccc(Cn2nc(C)c(/C=C/C(=O)N(C(C)C)C(C)C)c2C)cc1. The third kappa shape index (κ3) is 4.63. The summed E-state index contributed by atoms with van der Waals surface area (Å²) in [6.07, 6.45) is 3.58. The maximum atomic E-state index is 12.6. The van der Waals surface area contributed by atoms with Crippen molar-refractivity contribution in [2.45, 2.75) is 67.1 Å². The van der Waals surface area contributed by atoms with Gasteiger partial charge in [0.2, 0.25) is 5.91 Å². The Kier molecular flexibility index (Phi) is 6.41. The molecule has 0 aliphatic rings. The van der Waals surface area contributed by atoms with Crippen molar-refractivity contribution >= 4 is 12.0 Å². The molecular weight excluding hydrogens is 322 g/mol. The van der Waals surface area contributed by atoms with Gasteiger partial charge in [0.05, 0.1) is 12.2 Å². The maximum absolute atomic E-state index is 12.6. The van der Waals surface area contributed by atoms with E-state index in [-0.39, 0.29) is 18.0 Å². The molecule has 0 unspecified atom stereocenters. The molecule has 140 valence electrons. The van der Waals surface area contributed by atoms with Crippen LogP contribution in [0.4, 0.5) is 0 Å². The highest BCUT2D eigenvalue weighted by molar-refractivity contribution is 5.92. The average Bonchev–Trinajstić information content (AvgIpc) is 2.81. The van der Waals surface area contributed by atoms with E-state index in [9.17, 15) is 4.79 Å². The second kappa shape index (κ2) is 8.35. The Morgan fingerprint density at radius 2 is 1.65 bits per heavy atom. The van der Waals surface area contributed by atoms with Crippen molar-refractivity contribution in [2.75, 3.05) is 0 Å². The van der Waals surface area contributed by atoms with Gasteiger partial charge < -0.3 is 4.90 Å². The van der Waals surface area contributed by atoms with Crippen LogP contribution in [0.1, 0.15) is 55.8 Å². The Hall–Kier alpha value is -2.36. The summed E-state index contributed by atoms with van der Waals surface area (Å²) < 4.78 is 2.01. The molecular formula is C22H31N3O. The minimum atomic E-state index is 0.0417. The molecule has 0 radical (unpaired) electrons. The van der Waals surface area contributed by atoms with E-state index in [2.05, 4.69) is 43.2 Å². The largest absolute Gasteiger partial charge is 0.334 e. The molecule has 1 aromatic heterocycles. The lowest BCUT2D eigenvalue weighted by atomic mass is 10.1. The quantitative estimate of drug-likeness (QED) is 0.716. The molecule has 1 heterocycles. The summed E-state index contributed by atoms with van der Waals surface area (Å²) in [4.78, 5) is 14.5. The molecule has 2 rings (SSSR count). The lowest BCUT2D eigenvalue weighted by molar-refractivity contribution is -0.129. The molecule has 0 N–H and O–H groups in total. The number of nitrogens with zero attached hydrogens (tertiary/aromatic N) is 3. The van der Waals surface area contributed by atoms with Gasteiger partial charge in [-0.1, -0.05) is 29.8 Å². The molecule has 0 aliphatic heterocycles. The Morgan fingerprint density at radius 1 is 1.08 bits per heavy atom. The van der Waals surface area contributed by atoms with Gasteiger partial charge in [-0.3, -0.25) is 9.48 Å². The van der Waals surface area contributed by atoms with Gasteiger partial charge in [-0.25, -0.2) is 0 Å². The van der Waals surface area contributed by atoms with Gasteiger partial charge >= 0.3 is 0 Å². The van der Waals surface area contributed by atoms with E-state index in [1.165, 1.54) is 11.1 Å². The number of amides is 1. The van der Waals surface area contributed by atoms with E-state index in [1.54, 1.807) is 6.08 Å². The number of aromatic nitrogens is 2. The summed E-state index contributed by atoms with van der Waals surface area (Å²) in [5.41, 5.74) is 5.52. The highest BCUT2D eigenvalue weighted by Gasteiger charge is 2.18. The maximum Gasteiger partial charge on any atom is 0.247 e. The number of benzene rings is 1. The highest BCUT2D eigenvalue weighted by atomic mass is 16.2. The van der Waals surface area contributed by atoms with Crippen molar-refractivity contribution in [2.24, 2.45) is 0 Å². The zero-order chi connectivity index (χ0) is 19.4. The fourth-order valence-corrected chi connectivity index (χ4v) is 3.32. The average molecular weight is 354 g/mol. The van der Waals surface area contributed by atoms with E-state index < -0.39 is 0 Å². The van der Waals surface area contributed by atoms with Gasteiger partial charge in [0.15, 0.2) is 0 Å². The third-order valence-corrected chi connectivity index (χ3v) is 4.65. The summed E-state index contributed by atoms with van der Waals surface area (Å²) in [6, 6.07) is 8.86. The van der Waals surface area contributed by atoms with Gasteiger partial charge in [-0.2, -0.15) is 5.10 Å². The number of carbonyl (C=O) groups is 1. The van der Waals surface area contributed by atoms with Crippen LogP contribution in [0.2, 0.25) is 0 Å². The van der Waals surface area contributed by atoms with Crippen LogP contribution in [0.15, 0.2) is 30.3 Å². The number of hydrogen-bond acceptors (Lipinski definition) is 2.